The summed E-state index contributed by atoms with van der Waals surface area (Å²) in [5.74, 6) is -0.152. The molecule has 1 rings (SSSR count). The number of allylic oxidation sites excluding steroid dienone is 1. The van der Waals surface area contributed by atoms with Crippen LogP contribution in [0.25, 0.3) is 6.08 Å². The van der Waals surface area contributed by atoms with Gasteiger partial charge in [-0.15, -0.1) is 0 Å². The van der Waals surface area contributed by atoms with Crippen molar-refractivity contribution < 1.29 is 14.6 Å². The molecule has 1 N–H and O–H groups in total. The summed E-state index contributed by atoms with van der Waals surface area (Å²) in [6, 6.07) is 7.57. The van der Waals surface area contributed by atoms with Crippen LogP contribution in [-0.4, -0.2) is 17.7 Å². The van der Waals surface area contributed by atoms with Crippen molar-refractivity contribution in [2.45, 2.75) is 20.8 Å². The van der Waals surface area contributed by atoms with E-state index in [0.29, 0.717) is 5.75 Å². The lowest BCUT2D eigenvalue weighted by Gasteiger charge is -2.20. The Hall–Kier alpha value is -1.77. The second kappa shape index (κ2) is 5.53. The van der Waals surface area contributed by atoms with Crippen LogP contribution in [-0.2, 0) is 4.79 Å². The van der Waals surface area contributed by atoms with Crippen molar-refractivity contribution in [2.24, 2.45) is 5.41 Å². The molecule has 0 fully saturated rings. The van der Waals surface area contributed by atoms with Gasteiger partial charge in [0.1, 0.15) is 12.4 Å². The summed E-state index contributed by atoms with van der Waals surface area (Å²) in [4.78, 5) is 11.0. The second-order valence-electron chi connectivity index (χ2n) is 4.52. The van der Waals surface area contributed by atoms with E-state index in [1.54, 1.807) is 13.8 Å². The van der Waals surface area contributed by atoms with Crippen LogP contribution < -0.4 is 4.74 Å². The zero-order valence-electron chi connectivity index (χ0n) is 10.4. The van der Waals surface area contributed by atoms with Gasteiger partial charge in [-0.3, -0.25) is 4.79 Å². The van der Waals surface area contributed by atoms with Crippen LogP contribution in [0.4, 0.5) is 0 Å². The molecule has 0 amide bonds. The largest absolute Gasteiger partial charge is 0.492 e. The van der Waals surface area contributed by atoms with Crippen LogP contribution in [0.5, 0.6) is 5.75 Å². The van der Waals surface area contributed by atoms with Gasteiger partial charge in [-0.05, 0) is 26.8 Å². The normalized spacial score (nSPS) is 11.7. The summed E-state index contributed by atoms with van der Waals surface area (Å²) >= 11 is 0. The Labute approximate surface area is 102 Å². The summed E-state index contributed by atoms with van der Waals surface area (Å²) in [6.07, 6.45) is 3.85. The minimum absolute atomic E-state index is 0.150. The van der Waals surface area contributed by atoms with Gasteiger partial charge in [0.2, 0.25) is 0 Å². The Morgan fingerprint density at radius 2 is 2.06 bits per heavy atom. The van der Waals surface area contributed by atoms with E-state index in [1.165, 1.54) is 0 Å². The predicted molar refractivity (Wildman–Crippen MR) is 68.1 cm³/mol. The third kappa shape index (κ3) is 3.63. The van der Waals surface area contributed by atoms with Gasteiger partial charge in [0.05, 0.1) is 5.41 Å². The number of carboxylic acid groups (broad SMARTS) is 1. The molecule has 0 aliphatic heterocycles. The van der Waals surface area contributed by atoms with Crippen molar-refractivity contribution in [1.29, 1.82) is 0 Å². The molecule has 0 aliphatic rings. The van der Waals surface area contributed by atoms with Crippen molar-refractivity contribution in [3.8, 4) is 5.75 Å². The highest BCUT2D eigenvalue weighted by molar-refractivity contribution is 5.73. The van der Waals surface area contributed by atoms with Crippen molar-refractivity contribution in [3.63, 3.8) is 0 Å². The SMILES string of the molecule is CC=Cc1ccccc1OCC(C)(C)C(=O)O. The first-order chi connectivity index (χ1) is 7.97. The summed E-state index contributed by atoms with van der Waals surface area (Å²) in [5, 5.41) is 9.00. The first-order valence-corrected chi connectivity index (χ1v) is 5.55. The molecule has 0 unspecified atom stereocenters. The third-order valence-corrected chi connectivity index (χ3v) is 2.43. The number of rotatable bonds is 5. The minimum atomic E-state index is -0.886. The number of carbonyl (C=O) groups is 1. The molecule has 0 spiro atoms. The first-order valence-electron chi connectivity index (χ1n) is 5.55. The van der Waals surface area contributed by atoms with E-state index in [4.69, 9.17) is 9.84 Å². The van der Waals surface area contributed by atoms with E-state index >= 15 is 0 Å². The van der Waals surface area contributed by atoms with Gasteiger partial charge >= 0.3 is 5.97 Å². The van der Waals surface area contributed by atoms with Crippen LogP contribution in [0.1, 0.15) is 26.3 Å². The highest BCUT2D eigenvalue weighted by Crippen LogP contribution is 2.23. The smallest absolute Gasteiger partial charge is 0.312 e. The Kier molecular flexibility index (Phi) is 4.32. The molecule has 1 aromatic rings. The Morgan fingerprint density at radius 3 is 2.65 bits per heavy atom. The zero-order valence-corrected chi connectivity index (χ0v) is 10.4. The molecule has 3 nitrogen and oxygen atoms in total. The Bertz CT molecular complexity index is 419. The van der Waals surface area contributed by atoms with Gasteiger partial charge in [-0.2, -0.15) is 0 Å². The number of ether oxygens (including phenoxy) is 1. The van der Waals surface area contributed by atoms with Crippen LogP contribution in [0, 0.1) is 5.41 Å². The van der Waals surface area contributed by atoms with Crippen LogP contribution in [0.3, 0.4) is 0 Å². The fourth-order valence-electron chi connectivity index (χ4n) is 1.25. The molecule has 0 atom stereocenters. The van der Waals surface area contributed by atoms with Crippen molar-refractivity contribution in [1.82, 2.24) is 0 Å². The van der Waals surface area contributed by atoms with Crippen LogP contribution >= 0.6 is 0 Å². The quantitative estimate of drug-likeness (QED) is 0.851. The van der Waals surface area contributed by atoms with Gasteiger partial charge in [0.25, 0.3) is 0 Å². The molecule has 0 saturated heterocycles. The summed E-state index contributed by atoms with van der Waals surface area (Å²) in [6.45, 7) is 5.37. The number of benzene rings is 1. The zero-order chi connectivity index (χ0) is 12.9. The van der Waals surface area contributed by atoms with E-state index in [2.05, 4.69) is 0 Å². The summed E-state index contributed by atoms with van der Waals surface area (Å²) in [5.41, 5.74) is 0.0689. The monoisotopic (exact) mass is 234 g/mol. The highest BCUT2D eigenvalue weighted by Gasteiger charge is 2.28. The first kappa shape index (κ1) is 13.3. The molecule has 0 saturated carbocycles. The molecule has 3 heteroatoms. The molecule has 92 valence electrons. The average molecular weight is 234 g/mol. The number of aliphatic carboxylic acids is 1. The van der Waals surface area contributed by atoms with E-state index in [0.717, 1.165) is 5.56 Å². The molecular weight excluding hydrogens is 216 g/mol. The predicted octanol–water partition coefficient (Wildman–Crippen LogP) is 3.21. The van der Waals surface area contributed by atoms with E-state index < -0.39 is 11.4 Å². The van der Waals surface area contributed by atoms with E-state index in [1.807, 2.05) is 43.3 Å². The lowest BCUT2D eigenvalue weighted by atomic mass is 9.95. The van der Waals surface area contributed by atoms with Gasteiger partial charge in [0.15, 0.2) is 0 Å². The summed E-state index contributed by atoms with van der Waals surface area (Å²) in [7, 11) is 0. The standard InChI is InChI=1S/C14H18O3/c1-4-7-11-8-5-6-9-12(11)17-10-14(2,3)13(15)16/h4-9H,10H2,1-3H3,(H,15,16). The summed E-state index contributed by atoms with van der Waals surface area (Å²) < 4.78 is 5.58. The fourth-order valence-corrected chi connectivity index (χ4v) is 1.25. The second-order valence-corrected chi connectivity index (χ2v) is 4.52. The van der Waals surface area contributed by atoms with E-state index in [-0.39, 0.29) is 6.61 Å². The number of carboxylic acids is 1. The molecule has 0 aliphatic carbocycles. The molecule has 0 heterocycles. The van der Waals surface area contributed by atoms with Crippen LogP contribution in [0.2, 0.25) is 0 Å². The van der Waals surface area contributed by atoms with E-state index in [9.17, 15) is 4.79 Å². The minimum Gasteiger partial charge on any atom is -0.492 e. The number of para-hydroxylation sites is 1. The molecule has 0 aromatic heterocycles. The van der Waals surface area contributed by atoms with Crippen LogP contribution in [0.15, 0.2) is 30.3 Å². The molecule has 0 bridgehead atoms. The van der Waals surface area contributed by atoms with Gasteiger partial charge in [-0.25, -0.2) is 0 Å². The lowest BCUT2D eigenvalue weighted by molar-refractivity contribution is -0.148. The fraction of sp³-hybridized carbons (Fsp3) is 0.357. The number of hydrogen-bond acceptors (Lipinski definition) is 2. The Morgan fingerprint density at radius 1 is 1.41 bits per heavy atom. The topological polar surface area (TPSA) is 46.5 Å². The lowest BCUT2D eigenvalue weighted by Crippen LogP contribution is -2.30. The Balaban J connectivity index is 2.79. The molecular formula is C14H18O3. The molecule has 0 radical (unpaired) electrons. The van der Waals surface area contributed by atoms with Gasteiger partial charge < -0.3 is 9.84 Å². The van der Waals surface area contributed by atoms with Gasteiger partial charge in [0, 0.05) is 5.56 Å². The van der Waals surface area contributed by atoms with Crippen molar-refractivity contribution >= 4 is 12.0 Å². The molecule has 17 heavy (non-hydrogen) atoms. The highest BCUT2D eigenvalue weighted by atomic mass is 16.5. The average Bonchev–Trinajstić information content (AvgIpc) is 2.28. The molecule has 1 aromatic carbocycles. The maximum absolute atomic E-state index is 11.0. The van der Waals surface area contributed by atoms with Crippen molar-refractivity contribution in [3.05, 3.63) is 35.9 Å². The number of hydrogen-bond donors (Lipinski definition) is 1. The van der Waals surface area contributed by atoms with Crippen molar-refractivity contribution in [2.75, 3.05) is 6.61 Å². The maximum Gasteiger partial charge on any atom is 0.312 e. The maximum atomic E-state index is 11.0. The van der Waals surface area contributed by atoms with Gasteiger partial charge in [-0.1, -0.05) is 30.4 Å². The third-order valence-electron chi connectivity index (χ3n) is 2.43.